The van der Waals surface area contributed by atoms with Gasteiger partial charge in [-0.1, -0.05) is 42.3 Å². The molecule has 0 aliphatic heterocycles. The zero-order valence-corrected chi connectivity index (χ0v) is 11.3. The molecule has 1 aliphatic rings. The minimum absolute atomic E-state index is 0.184. The lowest BCUT2D eigenvalue weighted by Gasteiger charge is -2.22. The van der Waals surface area contributed by atoms with Crippen LogP contribution in [0.2, 0.25) is 10.0 Å². The lowest BCUT2D eigenvalue weighted by atomic mass is 10.2. The number of carbonyl (C=O) groups is 1. The Morgan fingerprint density at radius 3 is 2.71 bits per heavy atom. The molecule has 0 N–H and O–H groups in total. The van der Waals surface area contributed by atoms with Crippen molar-refractivity contribution in [2.45, 2.75) is 38.8 Å². The van der Waals surface area contributed by atoms with Crippen molar-refractivity contribution >= 4 is 29.1 Å². The second kappa shape index (κ2) is 5.28. The second-order valence-electron chi connectivity index (χ2n) is 4.32. The lowest BCUT2D eigenvalue weighted by molar-refractivity contribution is -0.132. The van der Waals surface area contributed by atoms with Crippen LogP contribution in [0.4, 0.5) is 0 Å². The molecule has 0 unspecified atom stereocenters. The zero-order valence-electron chi connectivity index (χ0n) is 9.75. The van der Waals surface area contributed by atoms with Crippen LogP contribution in [0.15, 0.2) is 18.2 Å². The van der Waals surface area contributed by atoms with Gasteiger partial charge in [0.25, 0.3) is 0 Å². The minimum Gasteiger partial charge on any atom is -0.335 e. The maximum absolute atomic E-state index is 11.8. The van der Waals surface area contributed by atoms with E-state index in [9.17, 15) is 4.79 Å². The second-order valence-corrected chi connectivity index (χ2v) is 5.10. The average Bonchev–Trinajstić information content (AvgIpc) is 3.14. The normalized spacial score (nSPS) is 14.8. The largest absolute Gasteiger partial charge is 0.335 e. The fraction of sp³-hybridized carbons (Fsp3) is 0.462. The highest BCUT2D eigenvalue weighted by Gasteiger charge is 2.32. The SMILES string of the molecule is CCC(=O)N(Cc1cccc(Cl)c1Cl)C1CC1. The Balaban J connectivity index is 2.17. The fourth-order valence-corrected chi connectivity index (χ4v) is 2.24. The Hall–Kier alpha value is -0.730. The molecule has 1 saturated carbocycles. The first kappa shape index (κ1) is 12.7. The van der Waals surface area contributed by atoms with E-state index in [0.717, 1.165) is 18.4 Å². The van der Waals surface area contributed by atoms with E-state index in [0.29, 0.717) is 29.1 Å². The third-order valence-electron chi connectivity index (χ3n) is 2.98. The zero-order chi connectivity index (χ0) is 12.4. The van der Waals surface area contributed by atoms with Gasteiger partial charge in [-0.3, -0.25) is 4.79 Å². The van der Waals surface area contributed by atoms with Gasteiger partial charge in [-0.15, -0.1) is 0 Å². The molecule has 1 aromatic rings. The molecular formula is C13H15Cl2NO. The van der Waals surface area contributed by atoms with Gasteiger partial charge in [-0.05, 0) is 24.5 Å². The maximum atomic E-state index is 11.8. The summed E-state index contributed by atoms with van der Waals surface area (Å²) in [6.45, 7) is 2.45. The van der Waals surface area contributed by atoms with Gasteiger partial charge in [0.2, 0.25) is 5.91 Å². The van der Waals surface area contributed by atoms with Gasteiger partial charge >= 0.3 is 0 Å². The molecule has 0 radical (unpaired) electrons. The van der Waals surface area contributed by atoms with Gasteiger partial charge in [0, 0.05) is 19.0 Å². The van der Waals surface area contributed by atoms with E-state index in [1.807, 2.05) is 24.0 Å². The maximum Gasteiger partial charge on any atom is 0.222 e. The number of hydrogen-bond donors (Lipinski definition) is 0. The molecule has 92 valence electrons. The fourth-order valence-electron chi connectivity index (χ4n) is 1.86. The van der Waals surface area contributed by atoms with E-state index in [1.54, 1.807) is 6.07 Å². The molecule has 0 saturated heterocycles. The van der Waals surface area contributed by atoms with Gasteiger partial charge in [0.05, 0.1) is 10.0 Å². The number of hydrogen-bond acceptors (Lipinski definition) is 1. The monoisotopic (exact) mass is 271 g/mol. The van der Waals surface area contributed by atoms with Gasteiger partial charge in [-0.2, -0.15) is 0 Å². The number of amides is 1. The van der Waals surface area contributed by atoms with Crippen molar-refractivity contribution < 1.29 is 4.79 Å². The van der Waals surface area contributed by atoms with Crippen LogP contribution in [0, 0.1) is 0 Å². The summed E-state index contributed by atoms with van der Waals surface area (Å²) >= 11 is 12.1. The predicted molar refractivity (Wildman–Crippen MR) is 70.3 cm³/mol. The first-order valence-corrected chi connectivity index (χ1v) is 6.61. The summed E-state index contributed by atoms with van der Waals surface area (Å²) in [6.07, 6.45) is 2.74. The average molecular weight is 272 g/mol. The van der Waals surface area contributed by atoms with Crippen molar-refractivity contribution in [2.24, 2.45) is 0 Å². The van der Waals surface area contributed by atoms with Crippen molar-refractivity contribution in [3.63, 3.8) is 0 Å². The first-order chi connectivity index (χ1) is 8.13. The Morgan fingerprint density at radius 2 is 2.12 bits per heavy atom. The van der Waals surface area contributed by atoms with Crippen LogP contribution in [0.1, 0.15) is 31.7 Å². The highest BCUT2D eigenvalue weighted by molar-refractivity contribution is 6.42. The molecule has 1 fully saturated rings. The van der Waals surface area contributed by atoms with Crippen LogP contribution < -0.4 is 0 Å². The highest BCUT2D eigenvalue weighted by atomic mass is 35.5. The quantitative estimate of drug-likeness (QED) is 0.814. The molecule has 0 atom stereocenters. The number of rotatable bonds is 4. The Labute approximate surface area is 112 Å². The summed E-state index contributed by atoms with van der Waals surface area (Å²) in [5.41, 5.74) is 0.924. The van der Waals surface area contributed by atoms with E-state index in [1.165, 1.54) is 0 Å². The molecule has 2 nitrogen and oxygen atoms in total. The van der Waals surface area contributed by atoms with E-state index >= 15 is 0 Å². The smallest absolute Gasteiger partial charge is 0.222 e. The van der Waals surface area contributed by atoms with Crippen LogP contribution in [0.25, 0.3) is 0 Å². The molecule has 0 heterocycles. The molecule has 1 aromatic carbocycles. The summed E-state index contributed by atoms with van der Waals surface area (Å²) in [6, 6.07) is 5.95. The van der Waals surface area contributed by atoms with Gasteiger partial charge < -0.3 is 4.90 Å². The van der Waals surface area contributed by atoms with Gasteiger partial charge in [0.1, 0.15) is 0 Å². The van der Waals surface area contributed by atoms with Crippen LogP contribution in [0.5, 0.6) is 0 Å². The first-order valence-electron chi connectivity index (χ1n) is 5.85. The van der Waals surface area contributed by atoms with Crippen LogP contribution in [0.3, 0.4) is 0 Å². The topological polar surface area (TPSA) is 20.3 Å². The Kier molecular flexibility index (Phi) is 3.95. The van der Waals surface area contributed by atoms with Crippen LogP contribution in [-0.2, 0) is 11.3 Å². The summed E-state index contributed by atoms with van der Waals surface area (Å²) in [4.78, 5) is 13.8. The highest BCUT2D eigenvalue weighted by Crippen LogP contribution is 2.32. The summed E-state index contributed by atoms with van der Waals surface area (Å²) in [5.74, 6) is 0.184. The third kappa shape index (κ3) is 2.93. The molecule has 0 aromatic heterocycles. The number of carbonyl (C=O) groups excluding carboxylic acids is 1. The van der Waals surface area contributed by atoms with E-state index in [2.05, 4.69) is 0 Å². The van der Waals surface area contributed by atoms with Crippen molar-refractivity contribution in [2.75, 3.05) is 0 Å². The van der Waals surface area contributed by atoms with E-state index in [4.69, 9.17) is 23.2 Å². The third-order valence-corrected chi connectivity index (χ3v) is 3.84. The lowest BCUT2D eigenvalue weighted by Crippen LogP contribution is -2.32. The van der Waals surface area contributed by atoms with Gasteiger partial charge in [0.15, 0.2) is 0 Å². The van der Waals surface area contributed by atoms with Crippen molar-refractivity contribution in [1.82, 2.24) is 4.90 Å². The van der Waals surface area contributed by atoms with Crippen LogP contribution >= 0.6 is 23.2 Å². The molecule has 1 aliphatic carbocycles. The molecular weight excluding hydrogens is 257 g/mol. The number of nitrogens with zero attached hydrogens (tertiary/aromatic N) is 1. The van der Waals surface area contributed by atoms with E-state index in [-0.39, 0.29) is 5.91 Å². The molecule has 17 heavy (non-hydrogen) atoms. The van der Waals surface area contributed by atoms with E-state index < -0.39 is 0 Å². The van der Waals surface area contributed by atoms with Crippen LogP contribution in [-0.4, -0.2) is 16.8 Å². The summed E-state index contributed by atoms with van der Waals surface area (Å²) in [5, 5.41) is 1.10. The van der Waals surface area contributed by atoms with Crippen molar-refractivity contribution in [3.8, 4) is 0 Å². The molecule has 2 rings (SSSR count). The Bertz CT molecular complexity index is 429. The molecule has 0 bridgehead atoms. The molecule has 1 amide bonds. The van der Waals surface area contributed by atoms with Gasteiger partial charge in [-0.25, -0.2) is 0 Å². The molecule has 4 heteroatoms. The Morgan fingerprint density at radius 1 is 1.41 bits per heavy atom. The minimum atomic E-state index is 0.184. The number of benzene rings is 1. The predicted octanol–water partition coefficient (Wildman–Crippen LogP) is 3.89. The summed E-state index contributed by atoms with van der Waals surface area (Å²) in [7, 11) is 0. The van der Waals surface area contributed by atoms with Crippen molar-refractivity contribution in [1.29, 1.82) is 0 Å². The van der Waals surface area contributed by atoms with Crippen molar-refractivity contribution in [3.05, 3.63) is 33.8 Å². The molecule has 0 spiro atoms. The summed E-state index contributed by atoms with van der Waals surface area (Å²) < 4.78 is 0. The number of halogens is 2. The standard InChI is InChI=1S/C13H15Cl2NO/c1-2-12(17)16(10-6-7-10)8-9-4-3-5-11(14)13(9)15/h3-5,10H,2,6-8H2,1H3.